The number of rotatable bonds is 5. The van der Waals surface area contributed by atoms with Gasteiger partial charge in [-0.05, 0) is 36.8 Å². The van der Waals surface area contributed by atoms with Crippen molar-refractivity contribution in [2.75, 3.05) is 6.54 Å². The second-order valence-electron chi connectivity index (χ2n) is 10.0. The molecule has 8 nitrogen and oxygen atoms in total. The third kappa shape index (κ3) is 4.45. The Hall–Kier alpha value is -3.75. The van der Waals surface area contributed by atoms with Crippen molar-refractivity contribution in [2.24, 2.45) is 4.99 Å². The van der Waals surface area contributed by atoms with Crippen LogP contribution in [0.5, 0.6) is 0 Å². The lowest BCUT2D eigenvalue weighted by atomic mass is 10.1. The Morgan fingerprint density at radius 1 is 1.00 bits per heavy atom. The molecule has 1 atom stereocenters. The van der Waals surface area contributed by atoms with Crippen molar-refractivity contribution in [1.29, 1.82) is 0 Å². The van der Waals surface area contributed by atoms with Crippen LogP contribution in [0, 0.1) is 0 Å². The SMILES string of the molecule is CCN1C(=O)C(=Nc2ccc(-c3cc4c(s3)c3sc5ccccc5c3n4C(=O)OCc3ccccc3)c3nsnc23)SC1S. The van der Waals surface area contributed by atoms with E-state index in [-0.39, 0.29) is 17.2 Å². The van der Waals surface area contributed by atoms with Gasteiger partial charge in [0.05, 0.1) is 37.8 Å². The highest BCUT2D eigenvalue weighted by Crippen LogP contribution is 2.47. The number of carbonyl (C=O) groups is 2. The van der Waals surface area contributed by atoms with Gasteiger partial charge in [-0.25, -0.2) is 14.4 Å². The van der Waals surface area contributed by atoms with E-state index in [1.165, 1.54) is 11.8 Å². The zero-order valence-electron chi connectivity index (χ0n) is 23.0. The molecular formula is C31H21N5O3S5. The predicted octanol–water partition coefficient (Wildman–Crippen LogP) is 8.77. The van der Waals surface area contributed by atoms with Gasteiger partial charge < -0.3 is 9.64 Å². The molecular weight excluding hydrogens is 651 g/mol. The molecule has 1 aliphatic heterocycles. The summed E-state index contributed by atoms with van der Waals surface area (Å²) in [6, 6.07) is 23.7. The Labute approximate surface area is 272 Å². The number of carbonyl (C=O) groups excluding carboxylic acids is 2. The van der Waals surface area contributed by atoms with E-state index in [1.54, 1.807) is 32.1 Å². The van der Waals surface area contributed by atoms with E-state index in [9.17, 15) is 9.59 Å². The van der Waals surface area contributed by atoms with Crippen LogP contribution in [0.3, 0.4) is 0 Å². The number of nitrogens with zero attached hydrogens (tertiary/aromatic N) is 5. The number of thiophene rings is 2. The quantitative estimate of drug-likeness (QED) is 0.184. The molecule has 3 aromatic carbocycles. The maximum Gasteiger partial charge on any atom is 0.419 e. The summed E-state index contributed by atoms with van der Waals surface area (Å²) in [4.78, 5) is 33.9. The number of hydrogen-bond donors (Lipinski definition) is 1. The molecule has 218 valence electrons. The van der Waals surface area contributed by atoms with Crippen LogP contribution in [0.25, 0.3) is 52.0 Å². The summed E-state index contributed by atoms with van der Waals surface area (Å²) in [6.07, 6.45) is -0.421. The van der Waals surface area contributed by atoms with E-state index < -0.39 is 6.09 Å². The molecule has 1 aliphatic rings. The van der Waals surface area contributed by atoms with Crippen LogP contribution in [0.4, 0.5) is 10.5 Å². The summed E-state index contributed by atoms with van der Waals surface area (Å²) in [5.41, 5.74) is 5.41. The Bertz CT molecular complexity index is 2280. The van der Waals surface area contributed by atoms with Gasteiger partial charge in [0.15, 0.2) is 5.04 Å². The second-order valence-corrected chi connectivity index (χ2v) is 14.6. The third-order valence-electron chi connectivity index (χ3n) is 7.49. The van der Waals surface area contributed by atoms with E-state index in [0.29, 0.717) is 28.3 Å². The molecule has 1 fully saturated rings. The molecule has 4 aromatic heterocycles. The van der Waals surface area contributed by atoms with Crippen molar-refractivity contribution in [3.63, 3.8) is 0 Å². The number of aliphatic imine (C=N–C) groups is 1. The minimum Gasteiger partial charge on any atom is -0.444 e. The average molecular weight is 672 g/mol. The fraction of sp³-hybridized carbons (Fsp3) is 0.129. The zero-order valence-corrected chi connectivity index (χ0v) is 27.1. The standard InChI is InChI=1S/C31H21N5O3S5/c1-2-35-29(37)28(43-31(35)40)32-19-13-12-17(23-24(19)34-44-33-23)22-14-20-26(42-22)27-25(18-10-6-7-11-21(18)41-27)36(20)30(38)39-15-16-8-4-3-5-9-16/h3-14,31,40H,2,15H2,1H3. The summed E-state index contributed by atoms with van der Waals surface area (Å²) in [5.74, 6) is -0.133. The lowest BCUT2D eigenvalue weighted by Gasteiger charge is -2.15. The number of thioether (sulfide) groups is 1. The molecule has 44 heavy (non-hydrogen) atoms. The smallest absolute Gasteiger partial charge is 0.419 e. The molecule has 0 saturated carbocycles. The second kappa shape index (κ2) is 11.0. The Morgan fingerprint density at radius 3 is 2.61 bits per heavy atom. The molecule has 1 amide bonds. The number of fused-ring (bicyclic) bond motifs is 6. The normalized spacial score (nSPS) is 16.4. The Balaban J connectivity index is 1.24. The van der Waals surface area contributed by atoms with Crippen molar-refractivity contribution in [3.05, 3.63) is 78.4 Å². The van der Waals surface area contributed by atoms with Crippen LogP contribution < -0.4 is 0 Å². The number of amides is 1. The van der Waals surface area contributed by atoms with Crippen LogP contribution in [-0.2, 0) is 16.1 Å². The first-order valence-corrected chi connectivity index (χ1v) is 17.4. The monoisotopic (exact) mass is 671 g/mol. The summed E-state index contributed by atoms with van der Waals surface area (Å²) in [5, 5.41) is 1.42. The van der Waals surface area contributed by atoms with Gasteiger partial charge in [0.2, 0.25) is 0 Å². The highest BCUT2D eigenvalue weighted by Gasteiger charge is 2.34. The van der Waals surface area contributed by atoms with Crippen molar-refractivity contribution in [1.82, 2.24) is 18.2 Å². The summed E-state index contributed by atoms with van der Waals surface area (Å²) in [7, 11) is 0. The van der Waals surface area contributed by atoms with Crippen LogP contribution in [0.1, 0.15) is 12.5 Å². The van der Waals surface area contributed by atoms with Gasteiger partial charge in [0, 0.05) is 27.1 Å². The first-order chi connectivity index (χ1) is 21.5. The van der Waals surface area contributed by atoms with E-state index in [2.05, 4.69) is 32.4 Å². The van der Waals surface area contributed by atoms with Gasteiger partial charge in [-0.1, -0.05) is 60.3 Å². The fourth-order valence-electron chi connectivity index (χ4n) is 5.41. The first-order valence-electron chi connectivity index (χ1n) is 13.7. The molecule has 0 bridgehead atoms. The molecule has 13 heteroatoms. The van der Waals surface area contributed by atoms with Crippen LogP contribution in [0.2, 0.25) is 0 Å². The molecule has 0 N–H and O–H groups in total. The lowest BCUT2D eigenvalue weighted by Crippen LogP contribution is -2.30. The molecule has 5 heterocycles. The molecule has 8 rings (SSSR count). The van der Waals surface area contributed by atoms with E-state index >= 15 is 0 Å². The highest BCUT2D eigenvalue weighted by atomic mass is 32.2. The maximum atomic E-state index is 13.7. The number of thiol groups is 1. The van der Waals surface area contributed by atoms with E-state index in [1.807, 2.05) is 73.7 Å². The minimum absolute atomic E-state index is 0.133. The molecule has 7 aromatic rings. The van der Waals surface area contributed by atoms with Gasteiger partial charge in [0.1, 0.15) is 22.3 Å². The first kappa shape index (κ1) is 27.8. The molecule has 0 spiro atoms. The summed E-state index contributed by atoms with van der Waals surface area (Å²) in [6.45, 7) is 2.67. The topological polar surface area (TPSA) is 89.7 Å². The molecule has 1 saturated heterocycles. The predicted molar refractivity (Wildman–Crippen MR) is 186 cm³/mol. The van der Waals surface area contributed by atoms with Crippen LogP contribution in [-0.4, -0.2) is 46.5 Å². The van der Waals surface area contributed by atoms with Crippen LogP contribution in [0.15, 0.2) is 77.8 Å². The number of ether oxygens (including phenoxy) is 1. The Kier molecular flexibility index (Phi) is 6.94. The number of hydrogen-bond acceptors (Lipinski definition) is 11. The van der Waals surface area contributed by atoms with Gasteiger partial charge in [0.25, 0.3) is 5.91 Å². The molecule has 0 radical (unpaired) electrons. The molecule has 1 unspecified atom stereocenters. The van der Waals surface area contributed by atoms with E-state index in [0.717, 1.165) is 58.3 Å². The van der Waals surface area contributed by atoms with Crippen molar-refractivity contribution in [3.8, 4) is 10.4 Å². The highest BCUT2D eigenvalue weighted by molar-refractivity contribution is 8.23. The van der Waals surface area contributed by atoms with Gasteiger partial charge in [-0.2, -0.15) is 8.75 Å². The minimum atomic E-state index is -0.421. The summed E-state index contributed by atoms with van der Waals surface area (Å²) >= 11 is 10.2. The van der Waals surface area contributed by atoms with Gasteiger partial charge >= 0.3 is 6.09 Å². The van der Waals surface area contributed by atoms with Crippen molar-refractivity contribution < 1.29 is 14.3 Å². The number of aromatic nitrogens is 3. The maximum absolute atomic E-state index is 13.7. The van der Waals surface area contributed by atoms with Gasteiger partial charge in [-0.3, -0.25) is 4.79 Å². The largest absolute Gasteiger partial charge is 0.444 e. The average Bonchev–Trinajstić information content (AvgIpc) is 3.85. The van der Waals surface area contributed by atoms with Crippen LogP contribution >= 0.6 is 58.8 Å². The van der Waals surface area contributed by atoms with Gasteiger partial charge in [-0.15, -0.1) is 35.3 Å². The van der Waals surface area contributed by atoms with Crippen molar-refractivity contribution >= 4 is 123 Å². The third-order valence-corrected chi connectivity index (χ3v) is 12.0. The Morgan fingerprint density at radius 2 is 1.80 bits per heavy atom. The summed E-state index contributed by atoms with van der Waals surface area (Å²) < 4.78 is 19.6. The van der Waals surface area contributed by atoms with E-state index in [4.69, 9.17) is 4.74 Å². The fourth-order valence-corrected chi connectivity index (χ4v) is 9.98. The zero-order chi connectivity index (χ0) is 29.9. The number of benzene rings is 3. The molecule has 0 aliphatic carbocycles. The lowest BCUT2D eigenvalue weighted by molar-refractivity contribution is -0.122. The van der Waals surface area contributed by atoms with Crippen molar-refractivity contribution in [2.45, 2.75) is 18.2 Å².